The summed E-state index contributed by atoms with van der Waals surface area (Å²) in [5, 5.41) is 17.0. The van der Waals surface area contributed by atoms with Crippen LogP contribution in [-0.4, -0.2) is 35.0 Å². The molecule has 1 aliphatic heterocycles. The predicted octanol–water partition coefficient (Wildman–Crippen LogP) is 1.91. The highest BCUT2D eigenvalue weighted by Crippen LogP contribution is 2.46. The highest BCUT2D eigenvalue weighted by atomic mass is 16.5. The van der Waals surface area contributed by atoms with E-state index in [0.717, 1.165) is 25.7 Å². The molecule has 3 rings (SSSR count). The fourth-order valence-electron chi connectivity index (χ4n) is 3.32. The second-order valence-electron chi connectivity index (χ2n) is 7.17. The minimum atomic E-state index is -0.422. The van der Waals surface area contributed by atoms with Gasteiger partial charge in [-0.2, -0.15) is 4.98 Å². The summed E-state index contributed by atoms with van der Waals surface area (Å²) in [5.74, 6) is 1.21. The van der Waals surface area contributed by atoms with E-state index in [4.69, 9.17) is 9.26 Å². The van der Waals surface area contributed by atoms with E-state index in [1.54, 1.807) is 7.11 Å². The van der Waals surface area contributed by atoms with Crippen molar-refractivity contribution in [3.8, 4) is 0 Å². The van der Waals surface area contributed by atoms with E-state index in [1.165, 1.54) is 0 Å². The Bertz CT molecular complexity index is 490. The molecule has 1 aliphatic carbocycles. The summed E-state index contributed by atoms with van der Waals surface area (Å²) >= 11 is 0. The van der Waals surface area contributed by atoms with E-state index in [1.807, 2.05) is 0 Å². The van der Waals surface area contributed by atoms with Crippen molar-refractivity contribution in [3.05, 3.63) is 11.7 Å². The molecule has 2 heterocycles. The lowest BCUT2D eigenvalue weighted by Crippen LogP contribution is -2.37. The molecule has 21 heavy (non-hydrogen) atoms. The van der Waals surface area contributed by atoms with Gasteiger partial charge in [0.2, 0.25) is 11.7 Å². The molecule has 2 unspecified atom stereocenters. The minimum absolute atomic E-state index is 0.0461. The van der Waals surface area contributed by atoms with Gasteiger partial charge in [0, 0.05) is 13.7 Å². The van der Waals surface area contributed by atoms with Crippen LogP contribution in [0.15, 0.2) is 4.52 Å². The Hall–Kier alpha value is -0.980. The van der Waals surface area contributed by atoms with Crippen molar-refractivity contribution in [2.75, 3.05) is 13.7 Å². The molecule has 2 N–H and O–H groups in total. The maximum absolute atomic E-state index is 9.59. The van der Waals surface area contributed by atoms with Gasteiger partial charge in [0.05, 0.1) is 12.1 Å². The fraction of sp³-hybridized carbons (Fsp3) is 0.867. The smallest absolute Gasteiger partial charge is 0.243 e. The first-order chi connectivity index (χ1) is 9.94. The number of nitrogens with one attached hydrogen (secondary N) is 1. The van der Waals surface area contributed by atoms with E-state index in [-0.39, 0.29) is 12.1 Å². The topological polar surface area (TPSA) is 80.4 Å². The molecule has 0 amide bonds. The number of hydrogen-bond donors (Lipinski definition) is 2. The summed E-state index contributed by atoms with van der Waals surface area (Å²) in [6, 6.07) is -0.0461. The van der Waals surface area contributed by atoms with Gasteiger partial charge in [-0.1, -0.05) is 19.0 Å². The standard InChI is InChI=1S/C15H25N3O3/c1-14(2)4-6-15(20-3,7-5-14)13-17-12(21-18-13)11-8-10(19)9-16-11/h10-11,16,19H,4-9H2,1-3H3. The van der Waals surface area contributed by atoms with E-state index < -0.39 is 5.60 Å². The van der Waals surface area contributed by atoms with Crippen molar-refractivity contribution in [1.82, 2.24) is 15.5 Å². The Kier molecular flexibility index (Phi) is 3.80. The fourth-order valence-corrected chi connectivity index (χ4v) is 3.32. The third-order valence-electron chi connectivity index (χ3n) is 5.06. The summed E-state index contributed by atoms with van der Waals surface area (Å²) in [5.41, 5.74) is -0.0692. The number of rotatable bonds is 3. The van der Waals surface area contributed by atoms with Crippen molar-refractivity contribution in [2.45, 2.75) is 63.7 Å². The first-order valence-corrected chi connectivity index (χ1v) is 7.75. The molecule has 0 spiro atoms. The molecule has 1 saturated heterocycles. The lowest BCUT2D eigenvalue weighted by atomic mass is 9.70. The van der Waals surface area contributed by atoms with Gasteiger partial charge in [0.1, 0.15) is 5.60 Å². The summed E-state index contributed by atoms with van der Waals surface area (Å²) in [6.45, 7) is 5.15. The zero-order chi connectivity index (χ0) is 15.1. The number of aromatic nitrogens is 2. The zero-order valence-corrected chi connectivity index (χ0v) is 13.1. The lowest BCUT2D eigenvalue weighted by molar-refractivity contribution is -0.0740. The van der Waals surface area contributed by atoms with Crippen LogP contribution in [0.5, 0.6) is 0 Å². The third-order valence-corrected chi connectivity index (χ3v) is 5.06. The molecule has 6 nitrogen and oxygen atoms in total. The average molecular weight is 295 g/mol. The number of methoxy groups -OCH3 is 1. The van der Waals surface area contributed by atoms with Gasteiger partial charge in [-0.25, -0.2) is 0 Å². The second kappa shape index (κ2) is 5.34. The molecule has 0 radical (unpaired) electrons. The van der Waals surface area contributed by atoms with Gasteiger partial charge < -0.3 is 19.7 Å². The number of nitrogens with zero attached hydrogens (tertiary/aromatic N) is 2. The van der Waals surface area contributed by atoms with E-state index in [2.05, 4.69) is 29.3 Å². The molecule has 118 valence electrons. The van der Waals surface area contributed by atoms with E-state index in [0.29, 0.717) is 30.1 Å². The van der Waals surface area contributed by atoms with Crippen LogP contribution in [0.2, 0.25) is 0 Å². The van der Waals surface area contributed by atoms with Crippen molar-refractivity contribution < 1.29 is 14.4 Å². The minimum Gasteiger partial charge on any atom is -0.392 e. The van der Waals surface area contributed by atoms with Crippen molar-refractivity contribution >= 4 is 0 Å². The SMILES string of the molecule is COC1(c2noc(C3CC(O)CN3)n2)CCC(C)(C)CC1. The zero-order valence-electron chi connectivity index (χ0n) is 13.1. The molecular formula is C15H25N3O3. The van der Waals surface area contributed by atoms with Crippen LogP contribution >= 0.6 is 0 Å². The molecule has 6 heteroatoms. The van der Waals surface area contributed by atoms with Gasteiger partial charge in [0.15, 0.2) is 0 Å². The van der Waals surface area contributed by atoms with Crippen molar-refractivity contribution in [3.63, 3.8) is 0 Å². The van der Waals surface area contributed by atoms with Gasteiger partial charge in [-0.3, -0.25) is 0 Å². The highest BCUT2D eigenvalue weighted by Gasteiger charge is 2.44. The quantitative estimate of drug-likeness (QED) is 0.886. The summed E-state index contributed by atoms with van der Waals surface area (Å²) < 4.78 is 11.2. The Morgan fingerprint density at radius 1 is 1.29 bits per heavy atom. The molecule has 0 aromatic carbocycles. The van der Waals surface area contributed by atoms with Crippen LogP contribution in [0, 0.1) is 5.41 Å². The second-order valence-corrected chi connectivity index (χ2v) is 7.17. The maximum atomic E-state index is 9.59. The number of ether oxygens (including phenoxy) is 1. The van der Waals surface area contributed by atoms with Gasteiger partial charge in [-0.05, 0) is 37.5 Å². The molecule has 2 atom stereocenters. The van der Waals surface area contributed by atoms with Crippen LogP contribution in [0.1, 0.15) is 63.7 Å². The first-order valence-electron chi connectivity index (χ1n) is 7.75. The molecule has 1 saturated carbocycles. The van der Waals surface area contributed by atoms with Crippen LogP contribution < -0.4 is 5.32 Å². The normalized spacial score (nSPS) is 31.4. The molecular weight excluding hydrogens is 270 g/mol. The number of aliphatic hydroxyl groups is 1. The molecule has 2 fully saturated rings. The van der Waals surface area contributed by atoms with Gasteiger partial charge in [0.25, 0.3) is 0 Å². The van der Waals surface area contributed by atoms with E-state index >= 15 is 0 Å². The van der Waals surface area contributed by atoms with Crippen molar-refractivity contribution in [2.24, 2.45) is 5.41 Å². The summed E-state index contributed by atoms with van der Waals surface area (Å²) in [6.07, 6.45) is 4.29. The van der Waals surface area contributed by atoms with Crippen LogP contribution in [0.25, 0.3) is 0 Å². The Balaban J connectivity index is 1.78. The van der Waals surface area contributed by atoms with Crippen LogP contribution in [0.4, 0.5) is 0 Å². The lowest BCUT2D eigenvalue weighted by Gasteiger charge is -2.40. The van der Waals surface area contributed by atoms with Gasteiger partial charge in [-0.15, -0.1) is 0 Å². The predicted molar refractivity (Wildman–Crippen MR) is 76.6 cm³/mol. The molecule has 0 bridgehead atoms. The Morgan fingerprint density at radius 3 is 2.57 bits per heavy atom. The maximum Gasteiger partial charge on any atom is 0.243 e. The first kappa shape index (κ1) is 14.9. The largest absolute Gasteiger partial charge is 0.392 e. The van der Waals surface area contributed by atoms with E-state index in [9.17, 15) is 5.11 Å². The van der Waals surface area contributed by atoms with Crippen molar-refractivity contribution in [1.29, 1.82) is 0 Å². The average Bonchev–Trinajstić information content (AvgIpc) is 3.08. The molecule has 1 aromatic heterocycles. The summed E-state index contributed by atoms with van der Waals surface area (Å²) in [7, 11) is 1.73. The Morgan fingerprint density at radius 2 is 2.00 bits per heavy atom. The third kappa shape index (κ3) is 2.84. The van der Waals surface area contributed by atoms with Gasteiger partial charge >= 0.3 is 0 Å². The van der Waals surface area contributed by atoms with Crippen LogP contribution in [0.3, 0.4) is 0 Å². The number of hydrogen-bond acceptors (Lipinski definition) is 6. The summed E-state index contributed by atoms with van der Waals surface area (Å²) in [4.78, 5) is 4.56. The monoisotopic (exact) mass is 295 g/mol. The molecule has 2 aliphatic rings. The highest BCUT2D eigenvalue weighted by molar-refractivity contribution is 5.07. The molecule has 1 aromatic rings. The number of β-amino-alcohol motifs (C(OH)–C–C–N with tert-alkyl or cyclic N) is 1. The Labute approximate surface area is 125 Å². The van der Waals surface area contributed by atoms with Crippen LogP contribution in [-0.2, 0) is 10.3 Å². The number of aliphatic hydroxyl groups excluding tert-OH is 1.